The Bertz CT molecular complexity index is 597. The van der Waals surface area contributed by atoms with Crippen LogP contribution in [-0.2, 0) is 6.16 Å². The molecule has 0 atom stereocenters. The molecule has 0 aromatic heterocycles. The van der Waals surface area contributed by atoms with Gasteiger partial charge in [0.2, 0.25) is 4.07 Å². The monoisotopic (exact) mass is 557 g/mol. The second kappa shape index (κ2) is 22.1. The summed E-state index contributed by atoms with van der Waals surface area (Å²) in [6, 6.07) is 10.8. The Balaban J connectivity index is 2.01. The molecule has 0 N–H and O–H groups in total. The van der Waals surface area contributed by atoms with Crippen LogP contribution in [0.4, 0.5) is 0 Å². The maximum Gasteiger partial charge on any atom is 0.224 e. The van der Waals surface area contributed by atoms with E-state index in [-0.39, 0.29) is 0 Å². The number of halogens is 2. The van der Waals surface area contributed by atoms with Crippen LogP contribution in [0, 0.1) is 0 Å². The van der Waals surface area contributed by atoms with Crippen LogP contribution in [0.1, 0.15) is 155 Å². The normalized spacial score (nSPS) is 12.4. The number of rotatable bonds is 25. The van der Waals surface area contributed by atoms with E-state index in [4.69, 9.17) is 23.2 Å². The van der Waals surface area contributed by atoms with E-state index in [1.54, 1.807) is 0 Å². The van der Waals surface area contributed by atoms with Crippen molar-refractivity contribution < 1.29 is 0 Å². The molecule has 0 nitrogen and oxygen atoms in total. The molecule has 0 bridgehead atoms. The molecule has 0 heterocycles. The minimum atomic E-state index is -1.45. The molecule has 0 fully saturated rings. The lowest BCUT2D eigenvalue weighted by molar-refractivity contribution is 0.522. The van der Waals surface area contributed by atoms with Gasteiger partial charge in [-0.05, 0) is 25.8 Å². The highest BCUT2D eigenvalue weighted by Crippen LogP contribution is 2.75. The van der Waals surface area contributed by atoms with E-state index in [0.717, 1.165) is 24.9 Å². The van der Waals surface area contributed by atoms with Crippen molar-refractivity contribution in [3.05, 3.63) is 35.9 Å². The van der Waals surface area contributed by atoms with Gasteiger partial charge in [-0.1, -0.05) is 176 Å². The van der Waals surface area contributed by atoms with Gasteiger partial charge in [-0.2, -0.15) is 0 Å². The quantitative estimate of drug-likeness (QED) is 0.0636. The van der Waals surface area contributed by atoms with Gasteiger partial charge >= 0.3 is 0 Å². The van der Waals surface area contributed by atoms with Gasteiger partial charge < -0.3 is 0 Å². The first-order valence-electron chi connectivity index (χ1n) is 15.8. The number of benzene rings is 1. The summed E-state index contributed by atoms with van der Waals surface area (Å²) < 4.78 is -0.541. The number of alkyl halides is 2. The second-order valence-corrected chi connectivity index (χ2v) is 17.8. The molecule has 1 rings (SSSR count). The van der Waals surface area contributed by atoms with Gasteiger partial charge in [0, 0.05) is 6.42 Å². The molecule has 3 heteroatoms. The first kappa shape index (κ1) is 34.3. The fourth-order valence-corrected chi connectivity index (χ4v) is 11.3. The van der Waals surface area contributed by atoms with Gasteiger partial charge in [0.05, 0.1) is 25.7 Å². The third-order valence-electron chi connectivity index (χ3n) is 8.31. The summed E-state index contributed by atoms with van der Waals surface area (Å²) in [6.45, 7) is 6.90. The molecule has 0 radical (unpaired) electrons. The van der Waals surface area contributed by atoms with Crippen LogP contribution >= 0.6 is 30.5 Å². The molecule has 36 heavy (non-hydrogen) atoms. The summed E-state index contributed by atoms with van der Waals surface area (Å²) in [4.78, 5) is 0. The van der Waals surface area contributed by atoms with Crippen LogP contribution in [0.5, 0.6) is 0 Å². The Hall–Kier alpha value is 0.230. The average Bonchev–Trinajstić information content (AvgIpc) is 2.89. The van der Waals surface area contributed by atoms with Gasteiger partial charge in [0.1, 0.15) is 0 Å². The van der Waals surface area contributed by atoms with Crippen molar-refractivity contribution in [2.24, 2.45) is 0 Å². The van der Waals surface area contributed by atoms with E-state index in [9.17, 15) is 0 Å². The first-order chi connectivity index (χ1) is 17.5. The molecule has 0 aliphatic heterocycles. The summed E-state index contributed by atoms with van der Waals surface area (Å²) in [5, 5.41) is 0. The van der Waals surface area contributed by atoms with Gasteiger partial charge in [-0.25, -0.2) is 0 Å². The number of hydrogen-bond acceptors (Lipinski definition) is 0. The van der Waals surface area contributed by atoms with E-state index in [0.29, 0.717) is 0 Å². The molecule has 0 unspecified atom stereocenters. The van der Waals surface area contributed by atoms with Crippen molar-refractivity contribution in [2.45, 2.75) is 159 Å². The van der Waals surface area contributed by atoms with E-state index < -0.39 is 11.3 Å². The smallest absolute Gasteiger partial charge is 0.0654 e. The van der Waals surface area contributed by atoms with Crippen LogP contribution in [-0.4, -0.2) is 16.4 Å². The zero-order valence-electron chi connectivity index (χ0n) is 24.4. The Labute approximate surface area is 237 Å². The molecule has 1 aromatic carbocycles. The summed E-state index contributed by atoms with van der Waals surface area (Å²) in [6.07, 6.45) is 31.1. The van der Waals surface area contributed by atoms with Crippen LogP contribution in [0.3, 0.4) is 0 Å². The summed E-state index contributed by atoms with van der Waals surface area (Å²) >= 11 is 14.2. The Kier molecular flexibility index (Phi) is 21.0. The molecule has 0 amide bonds. The first-order valence-corrected chi connectivity index (χ1v) is 18.9. The van der Waals surface area contributed by atoms with Crippen LogP contribution in [0.25, 0.3) is 0 Å². The maximum absolute atomic E-state index is 7.11. The number of unbranched alkanes of at least 4 members (excludes halogenated alkanes) is 18. The van der Waals surface area contributed by atoms with Crippen molar-refractivity contribution in [3.8, 4) is 0 Å². The standard InChI is InChI=1S/C33H60Cl2P/c1-4-7-8-9-10-11-12-13-14-15-16-17-18-19-20-21-22-23-27-30-33(34,35)36(5-2,6-3)31-32-28-25-24-26-29-32/h24-26,28-29H,4-23,27,30-31H2,1-3H3/q+1. The zero-order chi connectivity index (χ0) is 26.4. The van der Waals surface area contributed by atoms with Crippen molar-refractivity contribution in [2.75, 3.05) is 12.3 Å². The van der Waals surface area contributed by atoms with Crippen LogP contribution < -0.4 is 0 Å². The molecule has 0 saturated carbocycles. The molecule has 210 valence electrons. The lowest BCUT2D eigenvalue weighted by Crippen LogP contribution is -2.24. The largest absolute Gasteiger partial charge is 0.224 e. The minimum absolute atomic E-state index is 0.541. The van der Waals surface area contributed by atoms with Gasteiger partial charge in [-0.15, -0.1) is 0 Å². The molecule has 0 spiro atoms. The van der Waals surface area contributed by atoms with Gasteiger partial charge in [0.25, 0.3) is 0 Å². The third-order valence-corrected chi connectivity index (χ3v) is 15.8. The highest BCUT2D eigenvalue weighted by atomic mass is 35.5. The summed E-state index contributed by atoms with van der Waals surface area (Å²) in [5.41, 5.74) is 1.40. The van der Waals surface area contributed by atoms with E-state index in [1.165, 1.54) is 128 Å². The topological polar surface area (TPSA) is 0 Å². The molecule has 1 aromatic rings. The fraction of sp³-hybridized carbons (Fsp3) is 0.818. The number of hydrogen-bond donors (Lipinski definition) is 0. The molecular formula is C33H60Cl2P+. The average molecular weight is 559 g/mol. The zero-order valence-corrected chi connectivity index (χ0v) is 26.8. The lowest BCUT2D eigenvalue weighted by atomic mass is 10.0. The summed E-state index contributed by atoms with van der Waals surface area (Å²) in [7, 11) is -1.45. The van der Waals surface area contributed by atoms with Gasteiger partial charge in [0.15, 0.2) is 0 Å². The Morgan fingerprint density at radius 2 is 0.889 bits per heavy atom. The van der Waals surface area contributed by atoms with Crippen LogP contribution in [0.2, 0.25) is 0 Å². The van der Waals surface area contributed by atoms with E-state index in [1.807, 2.05) is 0 Å². The second-order valence-electron chi connectivity index (χ2n) is 11.2. The Morgan fingerprint density at radius 1 is 0.528 bits per heavy atom. The highest BCUT2D eigenvalue weighted by molar-refractivity contribution is 7.79. The lowest BCUT2D eigenvalue weighted by Gasteiger charge is -2.36. The summed E-state index contributed by atoms with van der Waals surface area (Å²) in [5.74, 6) is 0. The maximum atomic E-state index is 7.11. The van der Waals surface area contributed by atoms with Crippen molar-refractivity contribution in [3.63, 3.8) is 0 Å². The SMILES string of the molecule is CCCCCCCCCCCCCCCCCCCCCC(Cl)(Cl)[P+](CC)(CC)Cc1ccccc1. The van der Waals surface area contributed by atoms with Crippen molar-refractivity contribution in [1.29, 1.82) is 0 Å². The van der Waals surface area contributed by atoms with Crippen LogP contribution in [0.15, 0.2) is 30.3 Å². The van der Waals surface area contributed by atoms with Gasteiger partial charge in [-0.3, -0.25) is 0 Å². The van der Waals surface area contributed by atoms with E-state index >= 15 is 0 Å². The Morgan fingerprint density at radius 3 is 1.25 bits per heavy atom. The minimum Gasteiger partial charge on any atom is -0.0654 e. The van der Waals surface area contributed by atoms with E-state index in [2.05, 4.69) is 51.1 Å². The van der Waals surface area contributed by atoms with Crippen molar-refractivity contribution in [1.82, 2.24) is 0 Å². The van der Waals surface area contributed by atoms with Crippen molar-refractivity contribution >= 4 is 30.5 Å². The molecule has 0 aliphatic rings. The third kappa shape index (κ3) is 15.0. The highest BCUT2D eigenvalue weighted by Gasteiger charge is 2.53. The molecular weight excluding hydrogens is 498 g/mol. The molecule has 0 saturated heterocycles. The predicted octanol–water partition coefficient (Wildman–Crippen LogP) is 13.2. The predicted molar refractivity (Wildman–Crippen MR) is 171 cm³/mol. The fourth-order valence-electron chi connectivity index (χ4n) is 5.61. The molecule has 0 aliphatic carbocycles.